The minimum Gasteiger partial charge on any atom is -0.342 e. The van der Waals surface area contributed by atoms with Gasteiger partial charge in [0, 0.05) is 36.8 Å². The van der Waals surface area contributed by atoms with Gasteiger partial charge in [-0.15, -0.1) is 0 Å². The highest BCUT2D eigenvalue weighted by molar-refractivity contribution is 5.86. The van der Waals surface area contributed by atoms with Crippen molar-refractivity contribution in [2.24, 2.45) is 11.3 Å². The summed E-state index contributed by atoms with van der Waals surface area (Å²) in [7, 11) is 0. The van der Waals surface area contributed by atoms with Gasteiger partial charge >= 0.3 is 0 Å². The van der Waals surface area contributed by atoms with Crippen LogP contribution in [0.2, 0.25) is 0 Å². The van der Waals surface area contributed by atoms with Crippen molar-refractivity contribution in [3.8, 4) is 0 Å². The topological polar surface area (TPSA) is 37.4 Å². The van der Waals surface area contributed by atoms with Crippen LogP contribution in [-0.4, -0.2) is 29.7 Å². The molecule has 0 spiro atoms. The molecule has 2 rings (SSSR count). The van der Waals surface area contributed by atoms with E-state index in [4.69, 9.17) is 0 Å². The van der Waals surface area contributed by atoms with Crippen molar-refractivity contribution in [1.29, 1.82) is 0 Å². The molecule has 1 aliphatic rings. The molecule has 1 fully saturated rings. The number of Topliss-reactive ketones (excluding diaryl/α,β-unsaturated/α-hetero) is 1. The number of carbonyl (C=O) groups is 2. The van der Waals surface area contributed by atoms with E-state index >= 15 is 0 Å². The largest absolute Gasteiger partial charge is 0.342 e. The van der Waals surface area contributed by atoms with E-state index in [-0.39, 0.29) is 28.9 Å². The number of benzene rings is 1. The highest BCUT2D eigenvalue weighted by atomic mass is 16.2. The molecule has 1 aromatic carbocycles. The lowest BCUT2D eigenvalue weighted by atomic mass is 9.77. The van der Waals surface area contributed by atoms with Crippen LogP contribution in [0.4, 0.5) is 0 Å². The first-order valence-electron chi connectivity index (χ1n) is 8.67. The van der Waals surface area contributed by atoms with Crippen molar-refractivity contribution in [2.45, 2.75) is 52.9 Å². The van der Waals surface area contributed by atoms with Crippen molar-refractivity contribution in [3.05, 3.63) is 35.9 Å². The normalized spacial score (nSPS) is 17.8. The highest BCUT2D eigenvalue weighted by Crippen LogP contribution is 2.33. The monoisotopic (exact) mass is 315 g/mol. The first-order valence-corrected chi connectivity index (χ1v) is 8.67. The van der Waals surface area contributed by atoms with Crippen molar-refractivity contribution in [2.75, 3.05) is 13.1 Å². The summed E-state index contributed by atoms with van der Waals surface area (Å²) < 4.78 is 0. The van der Waals surface area contributed by atoms with Crippen LogP contribution >= 0.6 is 0 Å². The number of nitrogens with zero attached hydrogens (tertiary/aromatic N) is 1. The molecule has 23 heavy (non-hydrogen) atoms. The minimum atomic E-state index is -0.372. The zero-order valence-corrected chi connectivity index (χ0v) is 14.8. The Labute approximate surface area is 140 Å². The fourth-order valence-electron chi connectivity index (χ4n) is 3.19. The molecular formula is C20H29NO2. The number of rotatable bonds is 5. The standard InChI is InChI=1S/C20H29NO2/c1-15(19(23)21-12-8-9-13-21)17(14-18(22)20(2,3)4)16-10-6-5-7-11-16/h5-7,10-11,15,17H,8-9,12-14H2,1-4H3. The molecule has 126 valence electrons. The van der Waals surface area contributed by atoms with Gasteiger partial charge in [-0.05, 0) is 18.4 Å². The number of hydrogen-bond donors (Lipinski definition) is 0. The van der Waals surface area contributed by atoms with Gasteiger partial charge in [0.25, 0.3) is 0 Å². The van der Waals surface area contributed by atoms with Crippen LogP contribution in [0.25, 0.3) is 0 Å². The molecule has 3 nitrogen and oxygen atoms in total. The van der Waals surface area contributed by atoms with Crippen molar-refractivity contribution < 1.29 is 9.59 Å². The predicted molar refractivity (Wildman–Crippen MR) is 93.2 cm³/mol. The summed E-state index contributed by atoms with van der Waals surface area (Å²) in [5, 5.41) is 0. The number of ketones is 1. The van der Waals surface area contributed by atoms with Crippen molar-refractivity contribution in [3.63, 3.8) is 0 Å². The zero-order valence-electron chi connectivity index (χ0n) is 14.8. The summed E-state index contributed by atoms with van der Waals surface area (Å²) in [4.78, 5) is 27.3. The minimum absolute atomic E-state index is 0.0453. The predicted octanol–water partition coefficient (Wildman–Crippen LogP) is 4.03. The molecule has 1 saturated heterocycles. The molecule has 1 heterocycles. The molecule has 0 radical (unpaired) electrons. The smallest absolute Gasteiger partial charge is 0.226 e. The average molecular weight is 315 g/mol. The van der Waals surface area contributed by atoms with E-state index in [1.54, 1.807) is 0 Å². The Morgan fingerprint density at radius 2 is 1.65 bits per heavy atom. The Balaban J connectivity index is 2.22. The van der Waals surface area contributed by atoms with Crippen LogP contribution < -0.4 is 0 Å². The van der Waals surface area contributed by atoms with Gasteiger partial charge in [-0.2, -0.15) is 0 Å². The van der Waals surface area contributed by atoms with E-state index in [0.29, 0.717) is 6.42 Å². The van der Waals surface area contributed by atoms with Crippen LogP contribution in [0.5, 0.6) is 0 Å². The third kappa shape index (κ3) is 4.43. The molecule has 2 atom stereocenters. The molecule has 1 aromatic rings. The fraction of sp³-hybridized carbons (Fsp3) is 0.600. The van der Waals surface area contributed by atoms with Gasteiger partial charge < -0.3 is 4.90 Å². The van der Waals surface area contributed by atoms with E-state index in [9.17, 15) is 9.59 Å². The molecule has 2 unspecified atom stereocenters. The summed E-state index contributed by atoms with van der Waals surface area (Å²) in [5.74, 6) is 0.198. The molecule has 3 heteroatoms. The summed E-state index contributed by atoms with van der Waals surface area (Å²) in [6.07, 6.45) is 2.61. The first kappa shape index (κ1) is 17.7. The van der Waals surface area contributed by atoms with Crippen molar-refractivity contribution >= 4 is 11.7 Å². The SMILES string of the molecule is CC(C(=O)N1CCCC1)C(CC(=O)C(C)(C)C)c1ccccc1. The molecule has 0 aromatic heterocycles. The van der Waals surface area contributed by atoms with Crippen molar-refractivity contribution in [1.82, 2.24) is 4.90 Å². The Morgan fingerprint density at radius 3 is 2.17 bits per heavy atom. The quantitative estimate of drug-likeness (QED) is 0.822. The summed E-state index contributed by atoms with van der Waals surface area (Å²) in [6.45, 7) is 9.54. The maximum Gasteiger partial charge on any atom is 0.226 e. The lowest BCUT2D eigenvalue weighted by Gasteiger charge is -2.29. The Bertz CT molecular complexity index is 539. The molecular weight excluding hydrogens is 286 g/mol. The molecule has 0 N–H and O–H groups in total. The zero-order chi connectivity index (χ0) is 17.0. The molecule has 1 aliphatic heterocycles. The molecule has 0 bridgehead atoms. The molecule has 0 saturated carbocycles. The van der Waals surface area contributed by atoms with Crippen LogP contribution in [0, 0.1) is 11.3 Å². The molecule has 0 aliphatic carbocycles. The fourth-order valence-corrected chi connectivity index (χ4v) is 3.19. The Hall–Kier alpha value is -1.64. The van der Waals surface area contributed by atoms with E-state index in [2.05, 4.69) is 0 Å². The Morgan fingerprint density at radius 1 is 1.09 bits per heavy atom. The maximum atomic E-state index is 12.8. The van der Waals surface area contributed by atoms with Gasteiger partial charge in [-0.3, -0.25) is 9.59 Å². The second-order valence-electron chi connectivity index (χ2n) is 7.72. The van der Waals surface area contributed by atoms with E-state index in [1.165, 1.54) is 0 Å². The van der Waals surface area contributed by atoms with Gasteiger partial charge in [0.15, 0.2) is 0 Å². The second-order valence-corrected chi connectivity index (χ2v) is 7.72. The Kier molecular flexibility index (Phi) is 5.61. The highest BCUT2D eigenvalue weighted by Gasteiger charge is 2.34. The second kappa shape index (κ2) is 7.29. The molecule has 1 amide bonds. The van der Waals surface area contributed by atoms with Gasteiger partial charge in [-0.25, -0.2) is 0 Å². The van der Waals surface area contributed by atoms with E-state index in [1.807, 2.05) is 62.9 Å². The van der Waals surface area contributed by atoms with Crippen LogP contribution in [0.3, 0.4) is 0 Å². The first-order chi connectivity index (χ1) is 10.8. The maximum absolute atomic E-state index is 12.8. The van der Waals surface area contributed by atoms with Gasteiger partial charge in [-0.1, -0.05) is 58.0 Å². The van der Waals surface area contributed by atoms with Gasteiger partial charge in [0.1, 0.15) is 5.78 Å². The summed E-state index contributed by atoms with van der Waals surface area (Å²) in [6, 6.07) is 10.0. The van der Waals surface area contributed by atoms with E-state index < -0.39 is 0 Å². The van der Waals surface area contributed by atoms with Crippen LogP contribution in [0.15, 0.2) is 30.3 Å². The number of amides is 1. The number of hydrogen-bond acceptors (Lipinski definition) is 2. The van der Waals surface area contributed by atoms with Gasteiger partial charge in [0.2, 0.25) is 5.91 Å². The number of likely N-dealkylation sites (tertiary alicyclic amines) is 1. The number of carbonyl (C=O) groups excluding carboxylic acids is 2. The summed E-state index contributed by atoms with van der Waals surface area (Å²) >= 11 is 0. The lowest BCUT2D eigenvalue weighted by molar-refractivity contribution is -0.135. The lowest BCUT2D eigenvalue weighted by Crippen LogP contribution is -2.36. The third-order valence-electron chi connectivity index (χ3n) is 4.88. The van der Waals surface area contributed by atoms with E-state index in [0.717, 1.165) is 31.5 Å². The van der Waals surface area contributed by atoms with Crippen LogP contribution in [0.1, 0.15) is 58.4 Å². The van der Waals surface area contributed by atoms with Gasteiger partial charge in [0.05, 0.1) is 0 Å². The summed E-state index contributed by atoms with van der Waals surface area (Å²) in [5.41, 5.74) is 0.717. The third-order valence-corrected chi connectivity index (χ3v) is 4.88. The average Bonchev–Trinajstić information content (AvgIpc) is 3.05. The van der Waals surface area contributed by atoms with Crippen LogP contribution in [-0.2, 0) is 9.59 Å².